The molecule has 0 bridgehead atoms. The number of ether oxygens (including phenoxy) is 2. The number of benzene rings is 3. The van der Waals surface area contributed by atoms with Crippen LogP contribution >= 0.6 is 0 Å². The lowest BCUT2D eigenvalue weighted by Gasteiger charge is -2.45. The maximum atomic E-state index is 9.57. The quantitative estimate of drug-likeness (QED) is 0.197. The van der Waals surface area contributed by atoms with Crippen molar-refractivity contribution >= 4 is 18.7 Å². The van der Waals surface area contributed by atoms with Crippen LogP contribution < -0.4 is 15.1 Å². The predicted octanol–water partition coefficient (Wildman–Crippen LogP) is 6.26. The topological polar surface area (TPSA) is 47.9 Å². The molecular weight excluding hydrogens is 488 g/mol. The second-order valence-corrected chi connectivity index (χ2v) is 15.1. The minimum absolute atomic E-state index is 0.00197. The van der Waals surface area contributed by atoms with Crippen LogP contribution in [0.3, 0.4) is 0 Å². The highest BCUT2D eigenvalue weighted by Gasteiger charge is 2.51. The van der Waals surface area contributed by atoms with E-state index in [2.05, 4.69) is 88.4 Å². The van der Waals surface area contributed by atoms with Crippen molar-refractivity contribution < 1.29 is 19.0 Å². The van der Waals surface area contributed by atoms with E-state index in [9.17, 15) is 5.11 Å². The van der Waals surface area contributed by atoms with Gasteiger partial charge in [0, 0.05) is 0 Å². The molecule has 0 heterocycles. The second-order valence-electron chi connectivity index (χ2n) is 10.8. The first-order chi connectivity index (χ1) is 18.3. The molecule has 1 N–H and O–H groups in total. The van der Waals surface area contributed by atoms with Gasteiger partial charge in [0.2, 0.25) is 0 Å². The van der Waals surface area contributed by atoms with Crippen LogP contribution in [0.5, 0.6) is 5.75 Å². The van der Waals surface area contributed by atoms with E-state index >= 15 is 0 Å². The lowest BCUT2D eigenvalue weighted by Crippen LogP contribution is -2.67. The van der Waals surface area contributed by atoms with Crippen LogP contribution in [0, 0.1) is 0 Å². The zero-order valence-electron chi connectivity index (χ0n) is 23.6. The summed E-state index contributed by atoms with van der Waals surface area (Å²) in [7, 11) is -1.01. The third-order valence-corrected chi connectivity index (χ3v) is 12.1. The Balaban J connectivity index is 1.75. The van der Waals surface area contributed by atoms with Crippen molar-refractivity contribution in [3.05, 3.63) is 103 Å². The summed E-state index contributed by atoms with van der Waals surface area (Å²) in [5, 5.41) is 12.0. The Morgan fingerprint density at radius 2 is 1.42 bits per heavy atom. The summed E-state index contributed by atoms with van der Waals surface area (Å²) in [5.74, 6) is 0.852. The van der Waals surface area contributed by atoms with Crippen LogP contribution in [0.2, 0.25) is 5.04 Å². The molecule has 3 aromatic carbocycles. The molecule has 0 spiro atoms. The van der Waals surface area contributed by atoms with Crippen molar-refractivity contribution in [3.63, 3.8) is 0 Å². The number of aliphatic hydroxyl groups is 1. The average molecular weight is 533 g/mol. The fourth-order valence-electron chi connectivity index (χ4n) is 4.98. The molecule has 0 unspecified atom stereocenters. The Kier molecular flexibility index (Phi) is 11.4. The van der Waals surface area contributed by atoms with E-state index < -0.39 is 8.32 Å². The molecule has 0 amide bonds. The molecule has 0 aliphatic carbocycles. The van der Waals surface area contributed by atoms with Crippen molar-refractivity contribution in [1.29, 1.82) is 0 Å². The van der Waals surface area contributed by atoms with Crippen molar-refractivity contribution in [2.45, 2.75) is 70.8 Å². The minimum Gasteiger partial charge on any atom is -0.497 e. The van der Waals surface area contributed by atoms with Crippen LogP contribution in [0.15, 0.2) is 97.1 Å². The maximum absolute atomic E-state index is 9.57. The molecule has 204 valence electrons. The summed E-state index contributed by atoms with van der Waals surface area (Å²) >= 11 is 0. The van der Waals surface area contributed by atoms with Crippen molar-refractivity contribution in [2.24, 2.45) is 0 Å². The van der Waals surface area contributed by atoms with E-state index in [-0.39, 0.29) is 23.9 Å². The highest BCUT2D eigenvalue weighted by molar-refractivity contribution is 6.99. The van der Waals surface area contributed by atoms with E-state index in [4.69, 9.17) is 13.9 Å². The molecule has 0 radical (unpaired) electrons. The first-order valence-electron chi connectivity index (χ1n) is 13.6. The molecule has 2 atom stereocenters. The fraction of sp³-hybridized carbons (Fsp3) is 0.394. The summed E-state index contributed by atoms with van der Waals surface area (Å²) in [6.07, 6.45) is 6.63. The third-order valence-electron chi connectivity index (χ3n) is 6.99. The molecule has 0 aromatic heterocycles. The average Bonchev–Trinajstić information content (AvgIpc) is 2.93. The number of aliphatic hydroxyl groups excluding tert-OH is 1. The summed E-state index contributed by atoms with van der Waals surface area (Å²) in [6.45, 7) is 9.59. The highest BCUT2D eigenvalue weighted by Crippen LogP contribution is 2.38. The standard InChI is InChI=1S/C33H44O4Si/c1-27(36-26-28-21-23-29(35-5)24-22-28)14-12-15-30(16-13-25-34)37-38(33(2,3)4,31-17-8-6-9-18-31)32-19-10-7-11-20-32/h6-11,13,16-24,27,30,34H,12,14-15,25-26H2,1-5H3/b16-13-/t27-,30+/m0/s1. The third kappa shape index (κ3) is 7.90. The highest BCUT2D eigenvalue weighted by atomic mass is 28.4. The zero-order chi connectivity index (χ0) is 27.4. The summed E-state index contributed by atoms with van der Waals surface area (Å²) in [6, 6.07) is 29.4. The Morgan fingerprint density at radius 1 is 0.842 bits per heavy atom. The summed E-state index contributed by atoms with van der Waals surface area (Å²) < 4.78 is 18.7. The molecule has 0 aliphatic rings. The zero-order valence-corrected chi connectivity index (χ0v) is 24.6. The molecule has 0 saturated carbocycles. The molecule has 5 heteroatoms. The Bertz CT molecular complexity index is 1050. The van der Waals surface area contributed by atoms with E-state index in [0.29, 0.717) is 6.61 Å². The Morgan fingerprint density at radius 3 is 1.92 bits per heavy atom. The van der Waals surface area contributed by atoms with E-state index in [0.717, 1.165) is 30.6 Å². The minimum atomic E-state index is -2.68. The van der Waals surface area contributed by atoms with Crippen LogP contribution in [0.25, 0.3) is 0 Å². The first kappa shape index (κ1) is 29.8. The van der Waals surface area contributed by atoms with Gasteiger partial charge in [-0.25, -0.2) is 0 Å². The number of hydrogen-bond donors (Lipinski definition) is 1. The van der Waals surface area contributed by atoms with E-state index in [1.54, 1.807) is 7.11 Å². The van der Waals surface area contributed by atoms with Gasteiger partial charge in [0.15, 0.2) is 0 Å². The van der Waals surface area contributed by atoms with Crippen molar-refractivity contribution in [2.75, 3.05) is 13.7 Å². The lowest BCUT2D eigenvalue weighted by atomic mass is 10.1. The second kappa shape index (κ2) is 14.5. The number of methoxy groups -OCH3 is 1. The maximum Gasteiger partial charge on any atom is 0.261 e. The van der Waals surface area contributed by atoms with Gasteiger partial charge < -0.3 is 19.0 Å². The lowest BCUT2D eigenvalue weighted by molar-refractivity contribution is 0.0443. The van der Waals surface area contributed by atoms with Crippen LogP contribution in [0.1, 0.15) is 52.5 Å². The van der Waals surface area contributed by atoms with Gasteiger partial charge in [-0.3, -0.25) is 0 Å². The monoisotopic (exact) mass is 532 g/mol. The molecule has 38 heavy (non-hydrogen) atoms. The molecule has 0 fully saturated rings. The van der Waals surface area contributed by atoms with Crippen LogP contribution in [-0.2, 0) is 15.8 Å². The van der Waals surface area contributed by atoms with E-state index in [1.165, 1.54) is 10.4 Å². The Hall–Kier alpha value is -2.70. The van der Waals surface area contributed by atoms with Gasteiger partial charge in [0.1, 0.15) is 5.75 Å². The van der Waals surface area contributed by atoms with Crippen molar-refractivity contribution in [1.82, 2.24) is 0 Å². The molecule has 3 aromatic rings. The summed E-state index contributed by atoms with van der Waals surface area (Å²) in [5.41, 5.74) is 1.14. The van der Waals surface area contributed by atoms with Gasteiger partial charge in [0.25, 0.3) is 8.32 Å². The SMILES string of the molecule is COc1ccc(CO[C@@H](C)CCC[C@H](/C=C\CO)O[Si](c2ccccc2)(c2ccccc2)C(C)(C)C)cc1. The predicted molar refractivity (Wildman–Crippen MR) is 160 cm³/mol. The number of hydrogen-bond acceptors (Lipinski definition) is 4. The van der Waals surface area contributed by atoms with E-state index in [1.807, 2.05) is 36.4 Å². The van der Waals surface area contributed by atoms with Gasteiger partial charge in [-0.15, -0.1) is 0 Å². The fourth-order valence-corrected chi connectivity index (χ4v) is 9.64. The van der Waals surface area contributed by atoms with Gasteiger partial charge in [0.05, 0.1) is 32.5 Å². The van der Waals surface area contributed by atoms with Crippen molar-refractivity contribution in [3.8, 4) is 5.75 Å². The molecular formula is C33H44O4Si. The van der Waals surface area contributed by atoms with Gasteiger partial charge in [-0.05, 0) is 59.3 Å². The van der Waals surface area contributed by atoms with Gasteiger partial charge >= 0.3 is 0 Å². The first-order valence-corrected chi connectivity index (χ1v) is 15.5. The van der Waals surface area contributed by atoms with Crippen LogP contribution in [0.4, 0.5) is 0 Å². The summed E-state index contributed by atoms with van der Waals surface area (Å²) in [4.78, 5) is 0. The molecule has 0 saturated heterocycles. The molecule has 0 aliphatic heterocycles. The normalized spacial score (nSPS) is 13.9. The van der Waals surface area contributed by atoms with Gasteiger partial charge in [-0.1, -0.05) is 106 Å². The number of rotatable bonds is 14. The Labute approximate surface area is 230 Å². The largest absolute Gasteiger partial charge is 0.497 e. The molecule has 4 nitrogen and oxygen atoms in total. The molecule has 3 rings (SSSR count). The smallest absolute Gasteiger partial charge is 0.261 e. The van der Waals surface area contributed by atoms with Crippen LogP contribution in [-0.4, -0.2) is 39.3 Å². The van der Waals surface area contributed by atoms with Gasteiger partial charge in [-0.2, -0.15) is 0 Å².